The third-order valence-electron chi connectivity index (χ3n) is 4.03. The van der Waals surface area contributed by atoms with Gasteiger partial charge in [-0.25, -0.2) is 19.9 Å². The number of hydrogen-bond donors (Lipinski definition) is 2. The highest BCUT2D eigenvalue weighted by Gasteiger charge is 2.18. The van der Waals surface area contributed by atoms with Crippen molar-refractivity contribution in [3.05, 3.63) is 34.4 Å². The standard InChI is InChI=1S/C15H20N8O3/c1-11-18-13(20-15-16-9-12(10-17-15)23(25)26)8-14(19-11)22-4-2-21(3-5-22)6-7-24/h8-10,24H,2-7H2,1H3,(H,16,17,18,19,20). The third kappa shape index (κ3) is 4.37. The van der Waals surface area contributed by atoms with Crippen LogP contribution in [0.15, 0.2) is 18.5 Å². The number of aliphatic hydroxyl groups excluding tert-OH is 1. The number of nitro groups is 1. The molecule has 0 spiro atoms. The lowest BCUT2D eigenvalue weighted by atomic mass is 10.3. The predicted octanol–water partition coefficient (Wildman–Crippen LogP) is 0.341. The number of aliphatic hydroxyl groups is 1. The van der Waals surface area contributed by atoms with Crippen LogP contribution in [0.4, 0.5) is 23.3 Å². The summed E-state index contributed by atoms with van der Waals surface area (Å²) in [4.78, 5) is 31.1. The Bertz CT molecular complexity index is 762. The summed E-state index contributed by atoms with van der Waals surface area (Å²) < 4.78 is 0. The first kappa shape index (κ1) is 17.9. The second kappa shape index (κ2) is 7.97. The second-order valence-corrected chi connectivity index (χ2v) is 5.86. The van der Waals surface area contributed by atoms with E-state index in [0.717, 1.165) is 44.4 Å². The molecule has 2 N–H and O–H groups in total. The molecule has 3 rings (SSSR count). The Morgan fingerprint density at radius 3 is 2.54 bits per heavy atom. The number of nitrogens with zero attached hydrogens (tertiary/aromatic N) is 7. The van der Waals surface area contributed by atoms with Gasteiger partial charge in [-0.15, -0.1) is 0 Å². The average molecular weight is 360 g/mol. The largest absolute Gasteiger partial charge is 0.395 e. The van der Waals surface area contributed by atoms with Crippen LogP contribution in [-0.4, -0.2) is 74.2 Å². The van der Waals surface area contributed by atoms with Crippen LogP contribution in [0.25, 0.3) is 0 Å². The second-order valence-electron chi connectivity index (χ2n) is 5.86. The first-order valence-electron chi connectivity index (χ1n) is 8.22. The molecule has 1 aliphatic heterocycles. The number of anilines is 3. The van der Waals surface area contributed by atoms with Gasteiger partial charge in [0.15, 0.2) is 0 Å². The first-order chi connectivity index (χ1) is 12.5. The van der Waals surface area contributed by atoms with Crippen molar-refractivity contribution in [1.29, 1.82) is 0 Å². The third-order valence-corrected chi connectivity index (χ3v) is 4.03. The lowest BCUT2D eigenvalue weighted by Crippen LogP contribution is -2.47. The molecule has 2 aromatic rings. The van der Waals surface area contributed by atoms with Crippen molar-refractivity contribution in [2.24, 2.45) is 0 Å². The van der Waals surface area contributed by atoms with Crippen LogP contribution in [0, 0.1) is 17.0 Å². The van der Waals surface area contributed by atoms with E-state index >= 15 is 0 Å². The van der Waals surface area contributed by atoms with Gasteiger partial charge in [-0.05, 0) is 6.92 Å². The van der Waals surface area contributed by atoms with Crippen molar-refractivity contribution < 1.29 is 10.0 Å². The van der Waals surface area contributed by atoms with Gasteiger partial charge < -0.3 is 15.3 Å². The zero-order valence-corrected chi connectivity index (χ0v) is 14.4. The summed E-state index contributed by atoms with van der Waals surface area (Å²) >= 11 is 0. The van der Waals surface area contributed by atoms with Crippen molar-refractivity contribution in [3.8, 4) is 0 Å². The maximum atomic E-state index is 10.7. The molecular formula is C15H20N8O3. The molecule has 0 bridgehead atoms. The number of β-amino-alcohol motifs (C(OH)–C–C–N with tert-alkyl or cyclic N) is 1. The van der Waals surface area contributed by atoms with E-state index in [0.29, 0.717) is 18.2 Å². The topological polar surface area (TPSA) is 133 Å². The van der Waals surface area contributed by atoms with Crippen molar-refractivity contribution in [1.82, 2.24) is 24.8 Å². The smallest absolute Gasteiger partial charge is 0.305 e. The van der Waals surface area contributed by atoms with E-state index in [1.807, 2.05) is 0 Å². The van der Waals surface area contributed by atoms with Crippen LogP contribution >= 0.6 is 0 Å². The van der Waals surface area contributed by atoms with Crippen LogP contribution in [0.2, 0.25) is 0 Å². The molecule has 3 heterocycles. The fourth-order valence-corrected chi connectivity index (χ4v) is 2.71. The summed E-state index contributed by atoms with van der Waals surface area (Å²) in [6.45, 7) is 5.98. The minimum absolute atomic E-state index is 0.163. The lowest BCUT2D eigenvalue weighted by Gasteiger charge is -2.35. The highest BCUT2D eigenvalue weighted by molar-refractivity contribution is 5.55. The molecule has 0 unspecified atom stereocenters. The van der Waals surface area contributed by atoms with Gasteiger partial charge in [0.05, 0.1) is 11.5 Å². The molecule has 0 aromatic carbocycles. The van der Waals surface area contributed by atoms with Gasteiger partial charge in [0.25, 0.3) is 0 Å². The van der Waals surface area contributed by atoms with Crippen LogP contribution < -0.4 is 10.2 Å². The Kier molecular flexibility index (Phi) is 5.49. The van der Waals surface area contributed by atoms with E-state index < -0.39 is 4.92 Å². The van der Waals surface area contributed by atoms with Crippen LogP contribution in [-0.2, 0) is 0 Å². The number of rotatable bonds is 6. The van der Waals surface area contributed by atoms with E-state index in [1.54, 1.807) is 13.0 Å². The first-order valence-corrected chi connectivity index (χ1v) is 8.22. The summed E-state index contributed by atoms with van der Waals surface area (Å²) in [7, 11) is 0. The predicted molar refractivity (Wildman–Crippen MR) is 94.5 cm³/mol. The Hall–Kier alpha value is -2.92. The molecule has 0 atom stereocenters. The van der Waals surface area contributed by atoms with E-state index in [2.05, 4.69) is 35.1 Å². The van der Waals surface area contributed by atoms with E-state index in [9.17, 15) is 10.1 Å². The Morgan fingerprint density at radius 2 is 1.92 bits per heavy atom. The molecule has 138 valence electrons. The van der Waals surface area contributed by atoms with Gasteiger partial charge in [0.1, 0.15) is 29.9 Å². The Morgan fingerprint density at radius 1 is 1.23 bits per heavy atom. The lowest BCUT2D eigenvalue weighted by molar-refractivity contribution is -0.385. The van der Waals surface area contributed by atoms with Gasteiger partial charge in [-0.3, -0.25) is 15.0 Å². The number of hydrogen-bond acceptors (Lipinski definition) is 10. The van der Waals surface area contributed by atoms with Crippen molar-refractivity contribution in [3.63, 3.8) is 0 Å². The molecule has 0 aliphatic carbocycles. The monoisotopic (exact) mass is 360 g/mol. The highest BCUT2D eigenvalue weighted by Crippen LogP contribution is 2.20. The van der Waals surface area contributed by atoms with Crippen molar-refractivity contribution in [2.75, 3.05) is 49.5 Å². The van der Waals surface area contributed by atoms with Crippen LogP contribution in [0.5, 0.6) is 0 Å². The van der Waals surface area contributed by atoms with Gasteiger partial charge >= 0.3 is 5.69 Å². The zero-order valence-electron chi connectivity index (χ0n) is 14.4. The molecule has 1 fully saturated rings. The summed E-state index contributed by atoms with van der Waals surface area (Å²) in [6, 6.07) is 1.81. The molecule has 11 nitrogen and oxygen atoms in total. The zero-order chi connectivity index (χ0) is 18.5. The minimum Gasteiger partial charge on any atom is -0.395 e. The highest BCUT2D eigenvalue weighted by atomic mass is 16.6. The molecule has 0 amide bonds. The molecule has 0 saturated carbocycles. The van der Waals surface area contributed by atoms with E-state index in [-0.39, 0.29) is 18.2 Å². The fraction of sp³-hybridized carbons (Fsp3) is 0.467. The van der Waals surface area contributed by atoms with Crippen molar-refractivity contribution in [2.45, 2.75) is 6.92 Å². The fourth-order valence-electron chi connectivity index (χ4n) is 2.71. The van der Waals surface area contributed by atoms with Crippen LogP contribution in [0.1, 0.15) is 5.82 Å². The van der Waals surface area contributed by atoms with Gasteiger partial charge in [0.2, 0.25) is 5.95 Å². The average Bonchev–Trinajstić information content (AvgIpc) is 2.62. The van der Waals surface area contributed by atoms with Gasteiger partial charge in [0, 0.05) is 38.8 Å². The molecule has 1 saturated heterocycles. The molecule has 26 heavy (non-hydrogen) atoms. The molecule has 2 aromatic heterocycles. The maximum Gasteiger partial charge on any atom is 0.305 e. The summed E-state index contributed by atoms with van der Waals surface area (Å²) in [5.41, 5.74) is -0.171. The quantitative estimate of drug-likeness (QED) is 0.548. The summed E-state index contributed by atoms with van der Waals surface area (Å²) in [5.74, 6) is 2.15. The number of piperazine rings is 1. The Balaban J connectivity index is 1.70. The van der Waals surface area contributed by atoms with E-state index in [4.69, 9.17) is 5.11 Å². The SMILES string of the molecule is Cc1nc(Nc2ncc([N+](=O)[O-])cn2)cc(N2CCN(CCO)CC2)n1. The summed E-state index contributed by atoms with van der Waals surface area (Å²) in [5, 5.41) is 22.6. The van der Waals surface area contributed by atoms with E-state index in [1.165, 1.54) is 0 Å². The molecule has 0 radical (unpaired) electrons. The number of aromatic nitrogens is 4. The Labute approximate surface area is 149 Å². The maximum absolute atomic E-state index is 10.7. The molecule has 1 aliphatic rings. The summed E-state index contributed by atoms with van der Waals surface area (Å²) in [6.07, 6.45) is 2.29. The number of aryl methyl sites for hydroxylation is 1. The van der Waals surface area contributed by atoms with Crippen molar-refractivity contribution >= 4 is 23.3 Å². The van der Waals surface area contributed by atoms with Gasteiger partial charge in [-0.2, -0.15) is 0 Å². The molecule has 11 heteroatoms. The normalized spacial score (nSPS) is 15.1. The minimum atomic E-state index is -0.548. The van der Waals surface area contributed by atoms with Gasteiger partial charge in [-0.1, -0.05) is 0 Å². The number of nitrogens with one attached hydrogen (secondary N) is 1. The van der Waals surface area contributed by atoms with Crippen LogP contribution in [0.3, 0.4) is 0 Å². The molecular weight excluding hydrogens is 340 g/mol.